The molecule has 0 spiro atoms. The molecule has 0 aliphatic carbocycles. The number of carbonyl (C=O) groups excluding carboxylic acids is 1. The molecule has 0 bridgehead atoms. The van der Waals surface area contributed by atoms with Crippen molar-refractivity contribution in [2.24, 2.45) is 0 Å². The molecule has 0 saturated heterocycles. The normalized spacial score (nSPS) is 11.2. The molecule has 0 atom stereocenters. The minimum atomic E-state index is -0.579. The summed E-state index contributed by atoms with van der Waals surface area (Å²) in [5, 5.41) is 13.8. The highest BCUT2D eigenvalue weighted by atomic mass is 35.5. The Labute approximate surface area is 120 Å². The molecule has 2 aromatic rings. The average Bonchev–Trinajstić information content (AvgIpc) is 2.83. The van der Waals surface area contributed by atoms with E-state index in [0.29, 0.717) is 16.4 Å². The highest BCUT2D eigenvalue weighted by Crippen LogP contribution is 2.25. The summed E-state index contributed by atoms with van der Waals surface area (Å²) in [4.78, 5) is 11.7. The summed E-state index contributed by atoms with van der Waals surface area (Å²) in [6.07, 6.45) is 0.869. The molecule has 0 saturated carbocycles. The molecule has 1 aromatic heterocycles. The van der Waals surface area contributed by atoms with E-state index in [1.165, 1.54) is 11.0 Å². The van der Waals surface area contributed by atoms with Gasteiger partial charge in [-0.25, -0.2) is 9.48 Å². The van der Waals surface area contributed by atoms with E-state index in [1.807, 2.05) is 0 Å². The van der Waals surface area contributed by atoms with Crippen molar-refractivity contribution in [2.45, 2.75) is 26.4 Å². The van der Waals surface area contributed by atoms with E-state index in [1.54, 1.807) is 39.0 Å². The first-order valence-electron chi connectivity index (χ1n) is 5.88. The number of amides is 1. The van der Waals surface area contributed by atoms with Crippen LogP contribution in [0.5, 0.6) is 0 Å². The average molecular weight is 296 g/mol. The second-order valence-electron chi connectivity index (χ2n) is 5.05. The molecule has 0 aliphatic rings. The van der Waals surface area contributed by atoms with E-state index >= 15 is 0 Å². The van der Waals surface area contributed by atoms with Crippen molar-refractivity contribution in [3.8, 4) is 5.69 Å². The van der Waals surface area contributed by atoms with Crippen molar-refractivity contribution >= 4 is 23.4 Å². The maximum Gasteiger partial charge on any atom is 0.412 e. The largest absolute Gasteiger partial charge is 0.444 e. The number of ether oxygens (including phenoxy) is 1. The van der Waals surface area contributed by atoms with Gasteiger partial charge in [0.15, 0.2) is 0 Å². The van der Waals surface area contributed by atoms with E-state index < -0.39 is 11.7 Å². The Morgan fingerprint density at radius 1 is 1.40 bits per heavy atom. The first-order chi connectivity index (χ1) is 9.35. The summed E-state index contributed by atoms with van der Waals surface area (Å²) in [5.74, 6) is 0. The third-order valence-electron chi connectivity index (χ3n) is 2.20. The van der Waals surface area contributed by atoms with Gasteiger partial charge in [0.25, 0.3) is 0 Å². The third kappa shape index (κ3) is 3.67. The van der Waals surface area contributed by atoms with Gasteiger partial charge in [-0.3, -0.25) is 5.32 Å². The Kier molecular flexibility index (Phi) is 3.89. The van der Waals surface area contributed by atoms with Crippen LogP contribution in [0.3, 0.4) is 0 Å². The highest BCUT2D eigenvalue weighted by molar-refractivity contribution is 6.33. The van der Waals surface area contributed by atoms with Gasteiger partial charge in [0.05, 0.1) is 16.4 Å². The number of nitrogens with zero attached hydrogens (tertiary/aromatic N) is 4. The molecule has 0 aliphatic heterocycles. The maximum atomic E-state index is 11.7. The van der Waals surface area contributed by atoms with Crippen LogP contribution in [-0.2, 0) is 4.74 Å². The van der Waals surface area contributed by atoms with Crippen molar-refractivity contribution in [2.75, 3.05) is 5.32 Å². The van der Waals surface area contributed by atoms with Gasteiger partial charge in [-0.1, -0.05) is 11.6 Å². The number of benzene rings is 1. The van der Waals surface area contributed by atoms with Crippen LogP contribution in [0.1, 0.15) is 20.8 Å². The molecule has 1 amide bonds. The van der Waals surface area contributed by atoms with Gasteiger partial charge in [-0.05, 0) is 49.4 Å². The molecule has 0 fully saturated rings. The lowest BCUT2D eigenvalue weighted by Gasteiger charge is -2.20. The number of aromatic nitrogens is 4. The van der Waals surface area contributed by atoms with Crippen LogP contribution < -0.4 is 5.32 Å². The minimum absolute atomic E-state index is 0.396. The van der Waals surface area contributed by atoms with Gasteiger partial charge in [0.1, 0.15) is 11.9 Å². The fourth-order valence-corrected chi connectivity index (χ4v) is 1.61. The van der Waals surface area contributed by atoms with Gasteiger partial charge in [-0.15, -0.1) is 5.10 Å². The Hall–Kier alpha value is -2.15. The predicted molar refractivity (Wildman–Crippen MR) is 74.0 cm³/mol. The molecule has 1 N–H and O–H groups in total. The Balaban J connectivity index is 2.19. The molecular formula is C12H14ClN5O2. The van der Waals surface area contributed by atoms with E-state index in [9.17, 15) is 4.79 Å². The summed E-state index contributed by atoms with van der Waals surface area (Å²) in [7, 11) is 0. The predicted octanol–water partition coefficient (Wildman–Crippen LogP) is 2.66. The zero-order valence-corrected chi connectivity index (χ0v) is 12.0. The van der Waals surface area contributed by atoms with E-state index in [-0.39, 0.29) is 0 Å². The smallest absolute Gasteiger partial charge is 0.412 e. The van der Waals surface area contributed by atoms with E-state index in [4.69, 9.17) is 16.3 Å². The van der Waals surface area contributed by atoms with Crippen molar-refractivity contribution in [3.05, 3.63) is 29.5 Å². The minimum Gasteiger partial charge on any atom is -0.444 e. The first kappa shape index (κ1) is 14.3. The van der Waals surface area contributed by atoms with E-state index in [0.717, 1.165) is 0 Å². The fraction of sp³-hybridized carbons (Fsp3) is 0.333. The molecule has 7 nitrogen and oxygen atoms in total. The lowest BCUT2D eigenvalue weighted by molar-refractivity contribution is 0.0636. The number of hydrogen-bond donors (Lipinski definition) is 1. The quantitative estimate of drug-likeness (QED) is 0.921. The summed E-state index contributed by atoms with van der Waals surface area (Å²) >= 11 is 6.04. The molecular weight excluding hydrogens is 282 g/mol. The van der Waals surface area contributed by atoms with Gasteiger partial charge in [0, 0.05) is 0 Å². The molecule has 2 rings (SSSR count). The van der Waals surface area contributed by atoms with Crippen molar-refractivity contribution < 1.29 is 9.53 Å². The summed E-state index contributed by atoms with van der Waals surface area (Å²) < 4.78 is 6.63. The lowest BCUT2D eigenvalue weighted by atomic mass is 10.2. The molecule has 0 radical (unpaired) electrons. The first-order valence-corrected chi connectivity index (χ1v) is 6.26. The zero-order valence-electron chi connectivity index (χ0n) is 11.3. The summed E-state index contributed by atoms with van der Waals surface area (Å²) in [6, 6.07) is 5.03. The van der Waals surface area contributed by atoms with Gasteiger partial charge in [0.2, 0.25) is 0 Å². The Morgan fingerprint density at radius 3 is 2.75 bits per heavy atom. The van der Waals surface area contributed by atoms with Crippen molar-refractivity contribution in [1.29, 1.82) is 0 Å². The molecule has 1 heterocycles. The lowest BCUT2D eigenvalue weighted by Crippen LogP contribution is -2.27. The monoisotopic (exact) mass is 295 g/mol. The molecule has 20 heavy (non-hydrogen) atoms. The van der Waals surface area contributed by atoms with Crippen LogP contribution in [-0.4, -0.2) is 31.9 Å². The highest BCUT2D eigenvalue weighted by Gasteiger charge is 2.17. The van der Waals surface area contributed by atoms with Crippen LogP contribution >= 0.6 is 11.6 Å². The maximum absolute atomic E-state index is 11.7. The van der Waals surface area contributed by atoms with Crippen molar-refractivity contribution in [1.82, 2.24) is 20.2 Å². The fourth-order valence-electron chi connectivity index (χ4n) is 1.44. The van der Waals surface area contributed by atoms with Crippen molar-refractivity contribution in [3.63, 3.8) is 0 Å². The SMILES string of the molecule is CC(C)(C)OC(=O)Nc1cc(-n2cnnn2)ccc1Cl. The summed E-state index contributed by atoms with van der Waals surface area (Å²) in [6.45, 7) is 5.35. The number of hydrogen-bond acceptors (Lipinski definition) is 5. The second kappa shape index (κ2) is 5.46. The van der Waals surface area contributed by atoms with Crippen LogP contribution in [0.25, 0.3) is 5.69 Å². The van der Waals surface area contributed by atoms with Crippen LogP contribution in [0.4, 0.5) is 10.5 Å². The summed E-state index contributed by atoms with van der Waals surface area (Å²) in [5.41, 5.74) is 0.517. The third-order valence-corrected chi connectivity index (χ3v) is 2.53. The Bertz CT molecular complexity index is 607. The number of nitrogens with one attached hydrogen (secondary N) is 1. The molecule has 106 valence electrons. The zero-order chi connectivity index (χ0) is 14.8. The standard InChI is InChI=1S/C12H14ClN5O2/c1-12(2,3)20-11(19)15-10-6-8(4-5-9(10)13)18-7-14-16-17-18/h4-7H,1-3H3,(H,15,19). The van der Waals surface area contributed by atoms with Gasteiger partial charge in [-0.2, -0.15) is 0 Å². The van der Waals surface area contributed by atoms with Gasteiger partial charge < -0.3 is 4.74 Å². The van der Waals surface area contributed by atoms with Crippen LogP contribution in [0, 0.1) is 0 Å². The topological polar surface area (TPSA) is 81.9 Å². The van der Waals surface area contributed by atoms with Crippen LogP contribution in [0.2, 0.25) is 5.02 Å². The van der Waals surface area contributed by atoms with Crippen LogP contribution in [0.15, 0.2) is 24.5 Å². The Morgan fingerprint density at radius 2 is 2.15 bits per heavy atom. The molecule has 1 aromatic carbocycles. The molecule has 0 unspecified atom stereocenters. The van der Waals surface area contributed by atoms with E-state index in [2.05, 4.69) is 20.8 Å². The number of rotatable bonds is 2. The van der Waals surface area contributed by atoms with Gasteiger partial charge >= 0.3 is 6.09 Å². The number of carbonyl (C=O) groups is 1. The number of anilines is 1. The molecule has 8 heteroatoms. The number of halogens is 1. The second-order valence-corrected chi connectivity index (χ2v) is 5.45. The number of tetrazole rings is 1.